The van der Waals surface area contributed by atoms with Crippen molar-refractivity contribution in [1.29, 1.82) is 0 Å². The summed E-state index contributed by atoms with van der Waals surface area (Å²) in [6.45, 7) is 10.2. The van der Waals surface area contributed by atoms with E-state index in [1.165, 1.54) is 11.8 Å². The second-order valence-electron chi connectivity index (χ2n) is 8.97. The molecule has 0 spiro atoms. The summed E-state index contributed by atoms with van der Waals surface area (Å²) < 4.78 is 3.37. The van der Waals surface area contributed by atoms with Crippen molar-refractivity contribution in [3.8, 4) is 0 Å². The van der Waals surface area contributed by atoms with Gasteiger partial charge in [0.15, 0.2) is 10.9 Å². The summed E-state index contributed by atoms with van der Waals surface area (Å²) in [7, 11) is 0. The van der Waals surface area contributed by atoms with Gasteiger partial charge in [0.25, 0.3) is 11.5 Å². The zero-order valence-corrected chi connectivity index (χ0v) is 21.4. The van der Waals surface area contributed by atoms with Crippen molar-refractivity contribution in [3.63, 3.8) is 0 Å². The van der Waals surface area contributed by atoms with Crippen LogP contribution < -0.4 is 10.9 Å². The number of amides is 1. The van der Waals surface area contributed by atoms with E-state index in [9.17, 15) is 14.4 Å². The van der Waals surface area contributed by atoms with Crippen LogP contribution in [0.15, 0.2) is 46.3 Å². The third kappa shape index (κ3) is 4.86. The van der Waals surface area contributed by atoms with Gasteiger partial charge in [-0.05, 0) is 57.9 Å². The number of hydrogen-bond acceptors (Lipinski definition) is 6. The Hall–Kier alpha value is -3.46. The van der Waals surface area contributed by atoms with E-state index in [4.69, 9.17) is 0 Å². The lowest BCUT2D eigenvalue weighted by molar-refractivity contribution is 0.0942. The van der Waals surface area contributed by atoms with Crippen LogP contribution in [0.4, 0.5) is 0 Å². The van der Waals surface area contributed by atoms with Crippen LogP contribution in [-0.2, 0) is 6.54 Å². The summed E-state index contributed by atoms with van der Waals surface area (Å²) in [5, 5.41) is 12.5. The number of rotatable bonds is 8. The lowest BCUT2D eigenvalue weighted by atomic mass is 10.0. The number of benzene rings is 2. The molecule has 0 unspecified atom stereocenters. The standard InChI is InChI=1S/C26H29N5O3S/c1-6-11-30-24(34)20-10-8-18(23(33)27-15(2)3)13-21(20)31-25(30)28-29-26(31)35-14-22(32)19-9-7-16(4)12-17(19)5/h7-10,12-13,15H,6,11,14H2,1-5H3,(H,27,33). The van der Waals surface area contributed by atoms with Gasteiger partial charge in [-0.15, -0.1) is 10.2 Å². The van der Waals surface area contributed by atoms with Crippen LogP contribution in [-0.4, -0.2) is 42.7 Å². The Morgan fingerprint density at radius 3 is 2.54 bits per heavy atom. The van der Waals surface area contributed by atoms with Gasteiger partial charge in [0, 0.05) is 23.7 Å². The molecule has 4 rings (SSSR count). The molecular weight excluding hydrogens is 462 g/mol. The van der Waals surface area contributed by atoms with Crippen molar-refractivity contribution in [2.24, 2.45) is 0 Å². The monoisotopic (exact) mass is 491 g/mol. The van der Waals surface area contributed by atoms with Crippen LogP contribution in [0.2, 0.25) is 0 Å². The fourth-order valence-corrected chi connectivity index (χ4v) is 4.94. The predicted molar refractivity (Wildman–Crippen MR) is 139 cm³/mol. The van der Waals surface area contributed by atoms with Crippen LogP contribution >= 0.6 is 11.8 Å². The summed E-state index contributed by atoms with van der Waals surface area (Å²) in [5.41, 5.74) is 3.52. The van der Waals surface area contributed by atoms with Crippen molar-refractivity contribution in [2.75, 3.05) is 5.75 Å². The number of fused-ring (bicyclic) bond motifs is 3. The molecule has 8 nitrogen and oxygen atoms in total. The molecule has 0 bridgehead atoms. The molecule has 0 radical (unpaired) electrons. The Labute approximate surface area is 207 Å². The van der Waals surface area contributed by atoms with Crippen molar-refractivity contribution in [2.45, 2.75) is 58.8 Å². The number of ketones is 1. The first-order valence-corrected chi connectivity index (χ1v) is 12.7. The molecule has 0 saturated carbocycles. The topological polar surface area (TPSA) is 98.4 Å². The highest BCUT2D eigenvalue weighted by molar-refractivity contribution is 7.99. The number of carbonyl (C=O) groups is 2. The van der Waals surface area contributed by atoms with E-state index in [2.05, 4.69) is 15.5 Å². The molecule has 35 heavy (non-hydrogen) atoms. The minimum absolute atomic E-state index is 0.00700. The summed E-state index contributed by atoms with van der Waals surface area (Å²) in [6.07, 6.45) is 0.747. The Morgan fingerprint density at radius 1 is 1.09 bits per heavy atom. The van der Waals surface area contributed by atoms with E-state index < -0.39 is 0 Å². The van der Waals surface area contributed by atoms with Crippen molar-refractivity contribution in [1.82, 2.24) is 24.5 Å². The maximum absolute atomic E-state index is 13.2. The number of nitrogens with one attached hydrogen (secondary N) is 1. The second kappa shape index (κ2) is 10.0. The van der Waals surface area contributed by atoms with Crippen molar-refractivity contribution < 1.29 is 9.59 Å². The van der Waals surface area contributed by atoms with Gasteiger partial charge in [-0.1, -0.05) is 42.4 Å². The number of thioether (sulfide) groups is 1. The van der Waals surface area contributed by atoms with E-state index >= 15 is 0 Å². The average Bonchev–Trinajstić information content (AvgIpc) is 3.23. The van der Waals surface area contributed by atoms with Gasteiger partial charge in [-0.2, -0.15) is 0 Å². The molecule has 2 heterocycles. The van der Waals surface area contributed by atoms with Gasteiger partial charge >= 0.3 is 0 Å². The van der Waals surface area contributed by atoms with E-state index in [1.807, 2.05) is 52.8 Å². The molecule has 0 saturated heterocycles. The number of hydrogen-bond donors (Lipinski definition) is 1. The zero-order valence-electron chi connectivity index (χ0n) is 20.6. The summed E-state index contributed by atoms with van der Waals surface area (Å²) in [5.74, 6) is 0.340. The molecule has 0 atom stereocenters. The number of nitrogens with zero attached hydrogens (tertiary/aromatic N) is 4. The zero-order chi connectivity index (χ0) is 25.3. The summed E-state index contributed by atoms with van der Waals surface area (Å²) >= 11 is 1.27. The molecular formula is C26H29N5O3S. The van der Waals surface area contributed by atoms with Crippen LogP contribution in [0.1, 0.15) is 59.0 Å². The largest absolute Gasteiger partial charge is 0.350 e. The van der Waals surface area contributed by atoms with Gasteiger partial charge in [-0.25, -0.2) is 0 Å². The Morgan fingerprint density at radius 2 is 1.86 bits per heavy atom. The van der Waals surface area contributed by atoms with Gasteiger partial charge in [0.1, 0.15) is 0 Å². The summed E-state index contributed by atoms with van der Waals surface area (Å²) in [4.78, 5) is 38.8. The van der Waals surface area contributed by atoms with Gasteiger partial charge in [-0.3, -0.25) is 23.4 Å². The molecule has 1 N–H and O–H groups in total. The molecule has 9 heteroatoms. The quantitative estimate of drug-likeness (QED) is 0.293. The van der Waals surface area contributed by atoms with E-state index in [0.29, 0.717) is 39.5 Å². The SMILES string of the molecule is CCCn1c(=O)c2ccc(C(=O)NC(C)C)cc2n2c(SCC(=O)c3ccc(C)cc3C)nnc12. The molecule has 0 aliphatic heterocycles. The van der Waals surface area contributed by atoms with E-state index in [0.717, 1.165) is 17.5 Å². The first-order chi connectivity index (χ1) is 16.7. The Balaban J connectivity index is 1.80. The fraction of sp³-hybridized carbons (Fsp3) is 0.346. The van der Waals surface area contributed by atoms with Crippen LogP contribution in [0.5, 0.6) is 0 Å². The minimum atomic E-state index is -0.222. The molecule has 2 aromatic heterocycles. The van der Waals surface area contributed by atoms with Crippen LogP contribution in [0.3, 0.4) is 0 Å². The first kappa shape index (κ1) is 24.7. The minimum Gasteiger partial charge on any atom is -0.350 e. The second-order valence-corrected chi connectivity index (χ2v) is 9.91. The van der Waals surface area contributed by atoms with Crippen LogP contribution in [0, 0.1) is 13.8 Å². The average molecular weight is 492 g/mol. The number of aromatic nitrogens is 4. The third-order valence-electron chi connectivity index (χ3n) is 5.72. The van der Waals surface area contributed by atoms with Crippen molar-refractivity contribution >= 4 is 40.1 Å². The summed E-state index contributed by atoms with van der Waals surface area (Å²) in [6, 6.07) is 10.8. The maximum Gasteiger partial charge on any atom is 0.262 e. The smallest absolute Gasteiger partial charge is 0.262 e. The molecule has 0 aliphatic carbocycles. The molecule has 0 aliphatic rings. The van der Waals surface area contributed by atoms with Gasteiger partial charge in [0.05, 0.1) is 16.7 Å². The van der Waals surface area contributed by atoms with Gasteiger partial charge in [0.2, 0.25) is 5.78 Å². The first-order valence-electron chi connectivity index (χ1n) is 11.7. The fourth-order valence-electron chi connectivity index (χ4n) is 4.12. The molecule has 0 fully saturated rings. The van der Waals surface area contributed by atoms with Gasteiger partial charge < -0.3 is 5.32 Å². The normalized spacial score (nSPS) is 11.5. The Bertz CT molecular complexity index is 1500. The predicted octanol–water partition coefficient (Wildman–Crippen LogP) is 4.18. The number of carbonyl (C=O) groups excluding carboxylic acids is 2. The molecule has 182 valence electrons. The molecule has 4 aromatic rings. The number of Topliss-reactive ketones (excluding diaryl/α,β-unsaturated/α-hetero) is 1. The maximum atomic E-state index is 13.2. The number of aryl methyl sites for hydroxylation is 3. The molecule has 1 amide bonds. The lowest BCUT2D eigenvalue weighted by Crippen LogP contribution is -2.30. The lowest BCUT2D eigenvalue weighted by Gasteiger charge is -2.13. The van der Waals surface area contributed by atoms with Crippen LogP contribution in [0.25, 0.3) is 16.7 Å². The Kier molecular flexibility index (Phi) is 7.07. The highest BCUT2D eigenvalue weighted by Gasteiger charge is 2.20. The third-order valence-corrected chi connectivity index (χ3v) is 6.64. The van der Waals surface area contributed by atoms with E-state index in [-0.39, 0.29) is 29.0 Å². The highest BCUT2D eigenvalue weighted by Crippen LogP contribution is 2.24. The highest BCUT2D eigenvalue weighted by atomic mass is 32.2. The van der Waals surface area contributed by atoms with Crippen molar-refractivity contribution in [3.05, 3.63) is 69.0 Å². The molecule has 2 aromatic carbocycles. The van der Waals surface area contributed by atoms with E-state index in [1.54, 1.807) is 27.2 Å².